The lowest BCUT2D eigenvalue weighted by atomic mass is 10.2. The van der Waals surface area contributed by atoms with Crippen molar-refractivity contribution in [2.75, 3.05) is 0 Å². The van der Waals surface area contributed by atoms with Crippen molar-refractivity contribution in [3.05, 3.63) is 39.4 Å². The molecule has 2 rings (SSSR count). The SMILES string of the molecule is O=c1n[c][nH]c2ccc(Br)cc12. The Labute approximate surface area is 76.6 Å². The van der Waals surface area contributed by atoms with Gasteiger partial charge >= 0.3 is 0 Å². The third kappa shape index (κ3) is 1.14. The van der Waals surface area contributed by atoms with Gasteiger partial charge < -0.3 is 4.98 Å². The second kappa shape index (κ2) is 2.71. The van der Waals surface area contributed by atoms with Crippen LogP contribution in [0.4, 0.5) is 0 Å². The molecular weight excluding hydrogens is 220 g/mol. The van der Waals surface area contributed by atoms with Gasteiger partial charge in [0.05, 0.1) is 10.9 Å². The summed E-state index contributed by atoms with van der Waals surface area (Å²) in [4.78, 5) is 17.4. The maximum absolute atomic E-state index is 11.1. The van der Waals surface area contributed by atoms with Crippen LogP contribution in [0.25, 0.3) is 10.9 Å². The lowest BCUT2D eigenvalue weighted by Gasteiger charge is -1.94. The van der Waals surface area contributed by atoms with Gasteiger partial charge in [-0.05, 0) is 18.2 Å². The fourth-order valence-corrected chi connectivity index (χ4v) is 1.36. The summed E-state index contributed by atoms with van der Waals surface area (Å²) in [5.74, 6) is 0. The van der Waals surface area contributed by atoms with E-state index in [9.17, 15) is 4.79 Å². The molecule has 0 fully saturated rings. The van der Waals surface area contributed by atoms with Gasteiger partial charge in [0, 0.05) is 4.47 Å². The van der Waals surface area contributed by atoms with Crippen LogP contribution >= 0.6 is 15.9 Å². The number of benzene rings is 1. The van der Waals surface area contributed by atoms with Crippen molar-refractivity contribution in [1.82, 2.24) is 9.97 Å². The topological polar surface area (TPSA) is 45.8 Å². The van der Waals surface area contributed by atoms with Gasteiger partial charge in [-0.1, -0.05) is 15.9 Å². The largest absolute Gasteiger partial charge is 0.336 e. The molecule has 0 amide bonds. The maximum Gasteiger partial charge on any atom is 0.281 e. The minimum absolute atomic E-state index is 0.259. The zero-order chi connectivity index (χ0) is 8.55. The van der Waals surface area contributed by atoms with Crippen LogP contribution in [0.2, 0.25) is 0 Å². The number of hydrogen-bond acceptors (Lipinski definition) is 2. The molecule has 1 heterocycles. The predicted molar refractivity (Wildman–Crippen MR) is 48.9 cm³/mol. The fourth-order valence-electron chi connectivity index (χ4n) is 1.00. The van der Waals surface area contributed by atoms with Gasteiger partial charge in [-0.15, -0.1) is 0 Å². The molecule has 0 aliphatic carbocycles. The highest BCUT2D eigenvalue weighted by Gasteiger charge is 1.98. The first kappa shape index (κ1) is 7.49. The minimum atomic E-state index is -0.259. The zero-order valence-corrected chi connectivity index (χ0v) is 7.55. The lowest BCUT2D eigenvalue weighted by Crippen LogP contribution is -2.06. The van der Waals surface area contributed by atoms with E-state index in [0.717, 1.165) is 9.99 Å². The van der Waals surface area contributed by atoms with E-state index in [4.69, 9.17) is 0 Å². The Kier molecular flexibility index (Phi) is 1.69. The molecule has 0 aliphatic rings. The molecule has 4 heteroatoms. The molecule has 0 saturated carbocycles. The van der Waals surface area contributed by atoms with Crippen LogP contribution < -0.4 is 5.56 Å². The van der Waals surface area contributed by atoms with Gasteiger partial charge in [0.2, 0.25) is 0 Å². The summed E-state index contributed by atoms with van der Waals surface area (Å²) in [6, 6.07) is 5.39. The van der Waals surface area contributed by atoms with Crippen molar-refractivity contribution in [2.24, 2.45) is 0 Å². The van der Waals surface area contributed by atoms with Crippen molar-refractivity contribution in [1.29, 1.82) is 0 Å². The van der Waals surface area contributed by atoms with E-state index in [1.54, 1.807) is 12.1 Å². The Morgan fingerprint density at radius 1 is 1.50 bits per heavy atom. The van der Waals surface area contributed by atoms with E-state index in [-0.39, 0.29) is 5.56 Å². The lowest BCUT2D eigenvalue weighted by molar-refractivity contribution is 1.15. The number of aromatic nitrogens is 2. The van der Waals surface area contributed by atoms with Gasteiger partial charge in [-0.3, -0.25) is 4.79 Å². The minimum Gasteiger partial charge on any atom is -0.336 e. The van der Waals surface area contributed by atoms with Crippen LogP contribution in [-0.2, 0) is 0 Å². The number of halogens is 1. The number of nitrogens with zero attached hydrogens (tertiary/aromatic N) is 1. The maximum atomic E-state index is 11.1. The van der Waals surface area contributed by atoms with Gasteiger partial charge in [0.15, 0.2) is 6.33 Å². The number of aromatic amines is 1. The molecule has 59 valence electrons. The van der Waals surface area contributed by atoms with E-state index >= 15 is 0 Å². The first-order valence-electron chi connectivity index (χ1n) is 3.33. The van der Waals surface area contributed by atoms with E-state index < -0.39 is 0 Å². The van der Waals surface area contributed by atoms with Crippen LogP contribution in [0.3, 0.4) is 0 Å². The Bertz CT molecular complexity index is 478. The van der Waals surface area contributed by atoms with Gasteiger partial charge in [0.25, 0.3) is 5.56 Å². The third-order valence-corrected chi connectivity index (χ3v) is 2.05. The second-order valence-electron chi connectivity index (χ2n) is 2.34. The number of hydrogen-bond donors (Lipinski definition) is 1. The number of nitrogens with one attached hydrogen (secondary N) is 1. The third-order valence-electron chi connectivity index (χ3n) is 1.56. The summed E-state index contributed by atoms with van der Waals surface area (Å²) >= 11 is 3.28. The molecule has 12 heavy (non-hydrogen) atoms. The molecule has 1 aromatic carbocycles. The van der Waals surface area contributed by atoms with Crippen molar-refractivity contribution < 1.29 is 0 Å². The molecule has 0 bridgehead atoms. The molecule has 3 nitrogen and oxygen atoms in total. The Morgan fingerprint density at radius 3 is 3.17 bits per heavy atom. The number of fused-ring (bicyclic) bond motifs is 1. The summed E-state index contributed by atoms with van der Waals surface area (Å²) < 4.78 is 0.869. The number of H-pyrrole nitrogens is 1. The number of rotatable bonds is 0. The summed E-state index contributed by atoms with van der Waals surface area (Å²) in [6.45, 7) is 0. The summed E-state index contributed by atoms with van der Waals surface area (Å²) in [6.07, 6.45) is 2.42. The van der Waals surface area contributed by atoms with Crippen LogP contribution in [0.15, 0.2) is 27.5 Å². The summed E-state index contributed by atoms with van der Waals surface area (Å²) in [7, 11) is 0. The van der Waals surface area contributed by atoms with Gasteiger partial charge in [-0.25, -0.2) is 0 Å². The average Bonchev–Trinajstić information content (AvgIpc) is 2.07. The Morgan fingerprint density at radius 2 is 2.33 bits per heavy atom. The Hall–Kier alpha value is -1.16. The highest BCUT2D eigenvalue weighted by Crippen LogP contribution is 2.13. The smallest absolute Gasteiger partial charge is 0.281 e. The van der Waals surface area contributed by atoms with E-state index in [1.807, 2.05) is 6.07 Å². The normalized spacial score (nSPS) is 10.4. The highest BCUT2D eigenvalue weighted by atomic mass is 79.9. The first-order valence-corrected chi connectivity index (χ1v) is 4.12. The van der Waals surface area contributed by atoms with E-state index in [2.05, 4.69) is 32.2 Å². The van der Waals surface area contributed by atoms with Crippen LogP contribution in [0, 0.1) is 6.33 Å². The van der Waals surface area contributed by atoms with Crippen molar-refractivity contribution in [2.45, 2.75) is 0 Å². The second-order valence-corrected chi connectivity index (χ2v) is 3.26. The summed E-state index contributed by atoms with van der Waals surface area (Å²) in [5, 5.41) is 0.572. The van der Waals surface area contributed by atoms with Crippen LogP contribution in [0.1, 0.15) is 0 Å². The van der Waals surface area contributed by atoms with Crippen LogP contribution in [-0.4, -0.2) is 9.97 Å². The molecule has 0 atom stereocenters. The van der Waals surface area contributed by atoms with Crippen molar-refractivity contribution in [3.63, 3.8) is 0 Å². The van der Waals surface area contributed by atoms with Crippen molar-refractivity contribution >= 4 is 26.8 Å². The quantitative estimate of drug-likeness (QED) is 0.736. The van der Waals surface area contributed by atoms with Gasteiger partial charge in [0.1, 0.15) is 0 Å². The first-order chi connectivity index (χ1) is 5.77. The van der Waals surface area contributed by atoms with E-state index in [1.165, 1.54) is 0 Å². The molecule has 1 N–H and O–H groups in total. The molecular formula is C8H4BrN2O. The van der Waals surface area contributed by atoms with Crippen molar-refractivity contribution in [3.8, 4) is 0 Å². The molecule has 1 aromatic heterocycles. The molecule has 1 radical (unpaired) electrons. The Balaban J connectivity index is 2.98. The molecule has 0 unspecified atom stereocenters. The monoisotopic (exact) mass is 223 g/mol. The molecule has 0 spiro atoms. The van der Waals surface area contributed by atoms with E-state index in [0.29, 0.717) is 5.39 Å². The molecule has 2 aromatic rings. The zero-order valence-electron chi connectivity index (χ0n) is 5.97. The molecule has 0 aliphatic heterocycles. The predicted octanol–water partition coefficient (Wildman–Crippen LogP) is 1.49. The standard InChI is InChI=1S/C8H4BrN2O/c9-5-1-2-7-6(3-5)8(12)11-4-10-7/h1-3H,(H,10,11,12). The van der Waals surface area contributed by atoms with Gasteiger partial charge in [-0.2, -0.15) is 4.98 Å². The van der Waals surface area contributed by atoms with Crippen LogP contribution in [0.5, 0.6) is 0 Å². The average molecular weight is 224 g/mol. The highest BCUT2D eigenvalue weighted by molar-refractivity contribution is 9.10. The molecule has 0 saturated heterocycles. The fraction of sp³-hybridized carbons (Fsp3) is 0. The summed E-state index contributed by atoms with van der Waals surface area (Å²) in [5.41, 5.74) is 0.489.